The Morgan fingerprint density at radius 1 is 1.00 bits per heavy atom. The predicted molar refractivity (Wildman–Crippen MR) is 75.7 cm³/mol. The molecule has 1 N–H and O–H groups in total. The zero-order chi connectivity index (χ0) is 15.6. The van der Waals surface area contributed by atoms with Gasteiger partial charge in [-0.15, -0.1) is 0 Å². The highest BCUT2D eigenvalue weighted by Gasteiger charge is 2.36. The van der Waals surface area contributed by atoms with Crippen LogP contribution in [0.3, 0.4) is 0 Å². The number of nitrogens with zero attached hydrogens (tertiary/aromatic N) is 3. The van der Waals surface area contributed by atoms with E-state index in [0.717, 1.165) is 12.8 Å². The fourth-order valence-electron chi connectivity index (χ4n) is 3.06. The van der Waals surface area contributed by atoms with Crippen molar-refractivity contribution in [3.8, 4) is 0 Å². The van der Waals surface area contributed by atoms with Crippen molar-refractivity contribution in [3.05, 3.63) is 0 Å². The van der Waals surface area contributed by atoms with Crippen molar-refractivity contribution in [3.63, 3.8) is 0 Å². The third-order valence-electron chi connectivity index (χ3n) is 4.27. The normalized spacial score (nSPS) is 25.8. The van der Waals surface area contributed by atoms with Gasteiger partial charge in [-0.2, -0.15) is 0 Å². The summed E-state index contributed by atoms with van der Waals surface area (Å²) in [6.07, 6.45) is 2.10. The van der Waals surface area contributed by atoms with E-state index in [1.165, 1.54) is 4.90 Å². The van der Waals surface area contributed by atoms with E-state index in [0.29, 0.717) is 32.6 Å². The monoisotopic (exact) mass is 297 g/mol. The van der Waals surface area contributed by atoms with Gasteiger partial charge in [0.15, 0.2) is 0 Å². The molecule has 2 aliphatic rings. The number of carbonyl (C=O) groups excluding carboxylic acids is 2. The molecule has 2 heterocycles. The van der Waals surface area contributed by atoms with Crippen molar-refractivity contribution in [1.82, 2.24) is 14.7 Å². The standard InChI is InChI=1S/C14H23N3O4/c1-15(2)14(21)17-6-3-4-10(8-17)12(18)16-7-5-11(9-16)13(19)20/h10-11H,3-9H2,1-2H3,(H,19,20). The molecule has 0 saturated carbocycles. The maximum Gasteiger partial charge on any atom is 0.319 e. The van der Waals surface area contributed by atoms with E-state index in [2.05, 4.69) is 0 Å². The molecule has 2 rings (SSSR count). The molecule has 0 aromatic rings. The first-order valence-corrected chi connectivity index (χ1v) is 7.38. The van der Waals surface area contributed by atoms with E-state index in [4.69, 9.17) is 5.11 Å². The second kappa shape index (κ2) is 6.32. The molecule has 3 amide bonds. The van der Waals surface area contributed by atoms with E-state index in [-0.39, 0.29) is 17.9 Å². The van der Waals surface area contributed by atoms with E-state index in [1.54, 1.807) is 23.9 Å². The summed E-state index contributed by atoms with van der Waals surface area (Å²) in [5.74, 6) is -1.49. The second-order valence-electron chi connectivity index (χ2n) is 6.07. The molecular formula is C14H23N3O4. The van der Waals surface area contributed by atoms with Crippen LogP contribution in [0.5, 0.6) is 0 Å². The molecule has 0 bridgehead atoms. The third kappa shape index (κ3) is 3.46. The van der Waals surface area contributed by atoms with Crippen LogP contribution >= 0.6 is 0 Å². The molecule has 0 radical (unpaired) electrons. The summed E-state index contributed by atoms with van der Waals surface area (Å²) in [4.78, 5) is 40.3. The lowest BCUT2D eigenvalue weighted by Gasteiger charge is -2.35. The first-order chi connectivity index (χ1) is 9.90. The lowest BCUT2D eigenvalue weighted by molar-refractivity contribution is -0.141. The van der Waals surface area contributed by atoms with E-state index in [1.807, 2.05) is 0 Å². The van der Waals surface area contributed by atoms with Crippen LogP contribution in [-0.2, 0) is 9.59 Å². The summed E-state index contributed by atoms with van der Waals surface area (Å²) in [5, 5.41) is 9.00. The first kappa shape index (κ1) is 15.6. The number of carboxylic acids is 1. The van der Waals surface area contributed by atoms with Crippen LogP contribution in [0.4, 0.5) is 4.79 Å². The topological polar surface area (TPSA) is 81.2 Å². The molecule has 7 heteroatoms. The molecule has 0 aliphatic carbocycles. The Labute approximate surface area is 124 Å². The molecular weight excluding hydrogens is 274 g/mol. The van der Waals surface area contributed by atoms with Crippen molar-refractivity contribution >= 4 is 17.9 Å². The maximum absolute atomic E-state index is 12.5. The van der Waals surface area contributed by atoms with Gasteiger partial charge < -0.3 is 19.8 Å². The lowest BCUT2D eigenvalue weighted by atomic mass is 9.97. The number of likely N-dealkylation sites (tertiary alicyclic amines) is 2. The van der Waals surface area contributed by atoms with Crippen LogP contribution in [0.1, 0.15) is 19.3 Å². The van der Waals surface area contributed by atoms with Crippen molar-refractivity contribution < 1.29 is 19.5 Å². The molecule has 2 atom stereocenters. The molecule has 7 nitrogen and oxygen atoms in total. The number of amides is 3. The van der Waals surface area contributed by atoms with Crippen LogP contribution < -0.4 is 0 Å². The van der Waals surface area contributed by atoms with Gasteiger partial charge in [-0.3, -0.25) is 9.59 Å². The predicted octanol–water partition coefficient (Wildman–Crippen LogP) is 0.313. The van der Waals surface area contributed by atoms with Gasteiger partial charge in [-0.1, -0.05) is 0 Å². The maximum atomic E-state index is 12.5. The number of carboxylic acid groups (broad SMARTS) is 1. The van der Waals surface area contributed by atoms with Crippen molar-refractivity contribution in [2.24, 2.45) is 11.8 Å². The third-order valence-corrected chi connectivity index (χ3v) is 4.27. The summed E-state index contributed by atoms with van der Waals surface area (Å²) in [6, 6.07) is -0.0719. The quantitative estimate of drug-likeness (QED) is 0.795. The molecule has 0 aromatic carbocycles. The van der Waals surface area contributed by atoms with Crippen LogP contribution in [0.15, 0.2) is 0 Å². The lowest BCUT2D eigenvalue weighted by Crippen LogP contribution is -2.49. The summed E-state index contributed by atoms with van der Waals surface area (Å²) in [5.41, 5.74) is 0. The fraction of sp³-hybridized carbons (Fsp3) is 0.786. The fourth-order valence-corrected chi connectivity index (χ4v) is 3.06. The highest BCUT2D eigenvalue weighted by atomic mass is 16.4. The molecule has 0 aromatic heterocycles. The van der Waals surface area contributed by atoms with Crippen molar-refractivity contribution in [2.45, 2.75) is 19.3 Å². The number of rotatable bonds is 2. The van der Waals surface area contributed by atoms with Gasteiger partial charge >= 0.3 is 12.0 Å². The number of hydrogen-bond donors (Lipinski definition) is 1. The van der Waals surface area contributed by atoms with Crippen molar-refractivity contribution in [1.29, 1.82) is 0 Å². The summed E-state index contributed by atoms with van der Waals surface area (Å²) in [6.45, 7) is 1.92. The van der Waals surface area contributed by atoms with E-state index >= 15 is 0 Å². The summed E-state index contributed by atoms with van der Waals surface area (Å²) < 4.78 is 0. The number of piperidine rings is 1. The molecule has 2 fully saturated rings. The van der Waals surface area contributed by atoms with Gasteiger partial charge in [-0.05, 0) is 19.3 Å². The molecule has 2 unspecified atom stereocenters. The smallest absolute Gasteiger partial charge is 0.319 e. The average molecular weight is 297 g/mol. The largest absolute Gasteiger partial charge is 0.481 e. The molecule has 2 aliphatic heterocycles. The van der Waals surface area contributed by atoms with E-state index < -0.39 is 11.9 Å². The first-order valence-electron chi connectivity index (χ1n) is 7.38. The molecule has 2 saturated heterocycles. The van der Waals surface area contributed by atoms with Crippen LogP contribution in [0.2, 0.25) is 0 Å². The van der Waals surface area contributed by atoms with Gasteiger partial charge in [-0.25, -0.2) is 4.79 Å². The van der Waals surface area contributed by atoms with E-state index in [9.17, 15) is 14.4 Å². The minimum absolute atomic E-state index is 0.00462. The summed E-state index contributed by atoms with van der Waals surface area (Å²) >= 11 is 0. The van der Waals surface area contributed by atoms with Gasteiger partial charge in [0.25, 0.3) is 0 Å². The summed E-state index contributed by atoms with van der Waals surface area (Å²) in [7, 11) is 3.40. The van der Waals surface area contributed by atoms with Gasteiger partial charge in [0.1, 0.15) is 0 Å². The number of urea groups is 1. The van der Waals surface area contributed by atoms with Gasteiger partial charge in [0, 0.05) is 40.3 Å². The Bertz CT molecular complexity index is 438. The Morgan fingerprint density at radius 3 is 2.24 bits per heavy atom. The van der Waals surface area contributed by atoms with Crippen LogP contribution in [0.25, 0.3) is 0 Å². The number of carbonyl (C=O) groups is 3. The Balaban J connectivity index is 1.94. The number of hydrogen-bond acceptors (Lipinski definition) is 3. The zero-order valence-electron chi connectivity index (χ0n) is 12.6. The van der Waals surface area contributed by atoms with Crippen LogP contribution in [-0.4, -0.2) is 78.0 Å². The minimum atomic E-state index is -0.835. The zero-order valence-corrected chi connectivity index (χ0v) is 12.6. The second-order valence-corrected chi connectivity index (χ2v) is 6.07. The average Bonchev–Trinajstić information content (AvgIpc) is 2.95. The van der Waals surface area contributed by atoms with Gasteiger partial charge in [0.2, 0.25) is 5.91 Å². The van der Waals surface area contributed by atoms with Gasteiger partial charge in [0.05, 0.1) is 11.8 Å². The van der Waals surface area contributed by atoms with Crippen molar-refractivity contribution in [2.75, 3.05) is 40.3 Å². The Kier molecular flexibility index (Phi) is 4.69. The molecule has 21 heavy (non-hydrogen) atoms. The molecule has 0 spiro atoms. The highest BCUT2D eigenvalue weighted by molar-refractivity contribution is 5.82. The highest BCUT2D eigenvalue weighted by Crippen LogP contribution is 2.24. The minimum Gasteiger partial charge on any atom is -0.481 e. The Morgan fingerprint density at radius 2 is 1.67 bits per heavy atom. The SMILES string of the molecule is CN(C)C(=O)N1CCCC(C(=O)N2CCC(C(=O)O)C2)C1. The Hall–Kier alpha value is -1.79. The number of aliphatic carboxylic acids is 1. The molecule has 118 valence electrons. The van der Waals surface area contributed by atoms with Crippen LogP contribution in [0, 0.1) is 11.8 Å².